The lowest BCUT2D eigenvalue weighted by Gasteiger charge is -2.26. The lowest BCUT2D eigenvalue weighted by Crippen LogP contribution is -2.30. The lowest BCUT2D eigenvalue weighted by atomic mass is 9.96. The molecular formula is C25H31N4O5Si. The molecule has 0 bridgehead atoms. The molecule has 185 valence electrons. The summed E-state index contributed by atoms with van der Waals surface area (Å²) in [4.78, 5) is 20.9. The average molecular weight is 496 g/mol. The molecule has 10 heteroatoms. The van der Waals surface area contributed by atoms with Crippen molar-refractivity contribution in [3.8, 4) is 17.0 Å². The van der Waals surface area contributed by atoms with Gasteiger partial charge in [-0.2, -0.15) is 0 Å². The molecule has 1 saturated heterocycles. The van der Waals surface area contributed by atoms with Crippen LogP contribution in [0.3, 0.4) is 0 Å². The Bertz CT molecular complexity index is 1210. The van der Waals surface area contributed by atoms with Gasteiger partial charge >= 0.3 is 0 Å². The van der Waals surface area contributed by atoms with E-state index in [-0.39, 0.29) is 11.4 Å². The SMILES string of the molecule is CO[C@@]1(c2cc(OCCC([Si])[C@H](C)O)cc(-c3cn(C)c4cnc(NC(C)=O)cc34)n2)CCOC1. The summed E-state index contributed by atoms with van der Waals surface area (Å²) in [5.41, 5.74) is 2.53. The Morgan fingerprint density at radius 3 is 2.86 bits per heavy atom. The predicted molar refractivity (Wildman–Crippen MR) is 134 cm³/mol. The largest absolute Gasteiger partial charge is 0.493 e. The second-order valence-corrected chi connectivity index (χ2v) is 9.72. The zero-order chi connectivity index (χ0) is 25.2. The second-order valence-electron chi connectivity index (χ2n) is 8.98. The third-order valence-corrected chi connectivity index (χ3v) is 7.15. The van der Waals surface area contributed by atoms with E-state index in [1.165, 1.54) is 6.92 Å². The number of carbonyl (C=O) groups is 1. The molecule has 35 heavy (non-hydrogen) atoms. The molecule has 3 aromatic rings. The number of nitrogens with zero attached hydrogens (tertiary/aromatic N) is 3. The van der Waals surface area contributed by atoms with Crippen molar-refractivity contribution in [1.82, 2.24) is 14.5 Å². The second kappa shape index (κ2) is 10.4. The van der Waals surface area contributed by atoms with Crippen LogP contribution in [-0.2, 0) is 26.9 Å². The van der Waals surface area contributed by atoms with Gasteiger partial charge in [-0.1, -0.05) is 0 Å². The highest BCUT2D eigenvalue weighted by Crippen LogP contribution is 2.38. The average Bonchev–Trinajstić information content (AvgIpc) is 3.44. The van der Waals surface area contributed by atoms with Crippen LogP contribution in [0.1, 0.15) is 32.4 Å². The number of fused-ring (bicyclic) bond motifs is 1. The third-order valence-electron chi connectivity index (χ3n) is 6.38. The summed E-state index contributed by atoms with van der Waals surface area (Å²) in [6.07, 6.45) is 4.58. The van der Waals surface area contributed by atoms with Gasteiger partial charge in [0.1, 0.15) is 17.2 Å². The summed E-state index contributed by atoms with van der Waals surface area (Å²) >= 11 is 0. The van der Waals surface area contributed by atoms with E-state index >= 15 is 0 Å². The van der Waals surface area contributed by atoms with Crippen LogP contribution < -0.4 is 10.1 Å². The summed E-state index contributed by atoms with van der Waals surface area (Å²) in [5.74, 6) is 0.949. The summed E-state index contributed by atoms with van der Waals surface area (Å²) < 4.78 is 19.7. The molecule has 1 aliphatic heterocycles. The third kappa shape index (κ3) is 5.40. The first-order chi connectivity index (χ1) is 16.7. The molecule has 3 atom stereocenters. The summed E-state index contributed by atoms with van der Waals surface area (Å²) in [5, 5.41) is 13.4. The van der Waals surface area contributed by atoms with E-state index < -0.39 is 11.7 Å². The number of aliphatic hydroxyl groups is 1. The number of methoxy groups -OCH3 is 1. The Morgan fingerprint density at radius 2 is 2.20 bits per heavy atom. The summed E-state index contributed by atoms with van der Waals surface area (Å²) in [6.45, 7) is 4.62. The maximum absolute atomic E-state index is 11.6. The molecule has 0 aromatic carbocycles. The Balaban J connectivity index is 1.78. The number of ether oxygens (including phenoxy) is 3. The maximum atomic E-state index is 11.6. The highest BCUT2D eigenvalue weighted by molar-refractivity contribution is 6.12. The van der Waals surface area contributed by atoms with Crippen LogP contribution >= 0.6 is 0 Å². The highest BCUT2D eigenvalue weighted by atomic mass is 28.1. The topological polar surface area (TPSA) is 108 Å². The first-order valence-electron chi connectivity index (χ1n) is 11.6. The molecule has 4 heterocycles. The van der Waals surface area contributed by atoms with E-state index in [1.807, 2.05) is 36.0 Å². The van der Waals surface area contributed by atoms with E-state index in [0.717, 1.165) is 27.9 Å². The minimum Gasteiger partial charge on any atom is -0.493 e. The monoisotopic (exact) mass is 495 g/mol. The Hall–Kier alpha value is -2.79. The summed E-state index contributed by atoms with van der Waals surface area (Å²) in [6, 6.07) is 5.66. The van der Waals surface area contributed by atoms with Gasteiger partial charge in [0.05, 0.1) is 42.4 Å². The van der Waals surface area contributed by atoms with Crippen LogP contribution in [0.25, 0.3) is 22.2 Å². The molecule has 4 rings (SSSR count). The number of hydrogen-bond acceptors (Lipinski definition) is 7. The number of aliphatic hydroxyl groups excluding tert-OH is 1. The van der Waals surface area contributed by atoms with Gasteiger partial charge in [0.2, 0.25) is 5.91 Å². The van der Waals surface area contributed by atoms with Crippen LogP contribution in [0.2, 0.25) is 5.54 Å². The number of carbonyl (C=O) groups excluding carboxylic acids is 1. The van der Waals surface area contributed by atoms with Crippen LogP contribution in [0.5, 0.6) is 5.75 Å². The first-order valence-corrected chi connectivity index (χ1v) is 12.2. The fourth-order valence-electron chi connectivity index (χ4n) is 4.25. The van der Waals surface area contributed by atoms with Gasteiger partial charge in [-0.15, -0.1) is 0 Å². The van der Waals surface area contributed by atoms with Crippen LogP contribution in [0, 0.1) is 0 Å². The van der Waals surface area contributed by atoms with Gasteiger partial charge in [0.15, 0.2) is 0 Å². The van der Waals surface area contributed by atoms with Gasteiger partial charge in [0.25, 0.3) is 0 Å². The summed E-state index contributed by atoms with van der Waals surface area (Å²) in [7, 11) is 7.16. The zero-order valence-corrected chi connectivity index (χ0v) is 21.5. The molecular weight excluding hydrogens is 464 g/mol. The number of pyridine rings is 2. The molecule has 3 aromatic heterocycles. The van der Waals surface area contributed by atoms with E-state index in [2.05, 4.69) is 20.5 Å². The number of nitrogens with one attached hydrogen (secondary N) is 1. The quantitative estimate of drug-likeness (QED) is 0.440. The standard InChI is InChI=1S/C25H31N4O5Si/c1-15(30)22(35)5-7-34-17-9-20(28-23(10-17)25(32-4)6-8-33-14-25)19-13-29(3)21-12-26-24(11-18(19)21)27-16(2)31/h9-13,15,22,30H,5-8,14H2,1-4H3,(H,26,27,31)/t15-,22?,25-/m0/s1. The number of aromatic nitrogens is 3. The van der Waals surface area contributed by atoms with E-state index in [1.54, 1.807) is 20.2 Å². The van der Waals surface area contributed by atoms with E-state index in [9.17, 15) is 9.90 Å². The molecule has 1 fully saturated rings. The van der Waals surface area contributed by atoms with Gasteiger partial charge < -0.3 is 29.2 Å². The number of rotatable bonds is 9. The smallest absolute Gasteiger partial charge is 0.222 e. The van der Waals surface area contributed by atoms with Gasteiger partial charge in [-0.05, 0) is 25.0 Å². The number of anilines is 1. The first kappa shape index (κ1) is 25.3. The fourth-order valence-corrected chi connectivity index (χ4v) is 4.37. The molecule has 3 radical (unpaired) electrons. The normalized spacial score (nSPS) is 19.6. The van der Waals surface area contributed by atoms with Crippen molar-refractivity contribution >= 4 is 32.9 Å². The number of amides is 1. The van der Waals surface area contributed by atoms with Crippen LogP contribution in [0.15, 0.2) is 30.6 Å². The Labute approximate surface area is 208 Å². The molecule has 0 aliphatic carbocycles. The minimum absolute atomic E-state index is 0.0675. The van der Waals surface area contributed by atoms with Crippen molar-refractivity contribution in [3.63, 3.8) is 0 Å². The Morgan fingerprint density at radius 1 is 1.40 bits per heavy atom. The fraction of sp³-hybridized carbons (Fsp3) is 0.480. The Kier molecular flexibility index (Phi) is 7.55. The van der Waals surface area contributed by atoms with Crippen molar-refractivity contribution in [2.24, 2.45) is 7.05 Å². The van der Waals surface area contributed by atoms with Crippen molar-refractivity contribution in [2.45, 2.75) is 43.9 Å². The van der Waals surface area contributed by atoms with E-state index in [4.69, 9.17) is 19.2 Å². The van der Waals surface area contributed by atoms with Crippen LogP contribution in [0.4, 0.5) is 5.82 Å². The minimum atomic E-state index is -0.654. The maximum Gasteiger partial charge on any atom is 0.222 e. The molecule has 1 amide bonds. The van der Waals surface area contributed by atoms with Crippen molar-refractivity contribution in [1.29, 1.82) is 0 Å². The van der Waals surface area contributed by atoms with Crippen LogP contribution in [-0.4, -0.2) is 68.8 Å². The highest BCUT2D eigenvalue weighted by Gasteiger charge is 2.39. The molecule has 1 aliphatic rings. The van der Waals surface area contributed by atoms with Gasteiger partial charge in [0, 0.05) is 73.6 Å². The van der Waals surface area contributed by atoms with Gasteiger partial charge in [-0.3, -0.25) is 4.79 Å². The lowest BCUT2D eigenvalue weighted by molar-refractivity contribution is -0.114. The number of aryl methyl sites for hydroxylation is 1. The molecule has 2 N–H and O–H groups in total. The number of hydrogen-bond donors (Lipinski definition) is 2. The van der Waals surface area contributed by atoms with Gasteiger partial charge in [-0.25, -0.2) is 9.97 Å². The van der Waals surface area contributed by atoms with Crippen molar-refractivity contribution < 1.29 is 24.1 Å². The van der Waals surface area contributed by atoms with Crippen molar-refractivity contribution in [3.05, 3.63) is 36.3 Å². The van der Waals surface area contributed by atoms with Crippen molar-refractivity contribution in [2.75, 3.05) is 32.2 Å². The van der Waals surface area contributed by atoms with E-state index in [0.29, 0.717) is 44.2 Å². The molecule has 0 saturated carbocycles. The molecule has 1 unspecified atom stereocenters. The molecule has 0 spiro atoms. The zero-order valence-electron chi connectivity index (χ0n) is 20.5. The molecule has 9 nitrogen and oxygen atoms in total. The predicted octanol–water partition coefficient (Wildman–Crippen LogP) is 2.96.